The number of nitrogens with zero attached hydrogens (tertiary/aromatic N) is 4. The number of para-hydroxylation sites is 1. The highest BCUT2D eigenvalue weighted by Gasteiger charge is 2.31. The molecule has 2 aliphatic rings. The number of benzene rings is 1. The summed E-state index contributed by atoms with van der Waals surface area (Å²) in [6.07, 6.45) is 5.64. The van der Waals surface area contributed by atoms with Crippen LogP contribution < -0.4 is 9.46 Å². The molecular weight excluding hydrogens is 506 g/mol. The van der Waals surface area contributed by atoms with Crippen LogP contribution >= 0.6 is 0 Å². The van der Waals surface area contributed by atoms with E-state index in [2.05, 4.69) is 9.71 Å². The number of aromatic nitrogens is 3. The molecule has 0 radical (unpaired) electrons. The Morgan fingerprint density at radius 3 is 2.58 bits per heavy atom. The number of hydrogen-bond donors (Lipinski definition) is 1. The summed E-state index contributed by atoms with van der Waals surface area (Å²) >= 11 is 0. The van der Waals surface area contributed by atoms with E-state index in [9.17, 15) is 13.2 Å². The average molecular weight is 542 g/mol. The number of nitrogens with one attached hydrogen (secondary N) is 1. The second kappa shape index (κ2) is 11.4. The van der Waals surface area contributed by atoms with Crippen LogP contribution in [-0.4, -0.2) is 66.8 Å². The Hall–Kier alpha value is -3.02. The molecule has 1 N–H and O–H groups in total. The lowest BCUT2D eigenvalue weighted by atomic mass is 9.82. The summed E-state index contributed by atoms with van der Waals surface area (Å²) in [7, 11) is -2.58. The molecule has 1 aliphatic carbocycles. The summed E-state index contributed by atoms with van der Waals surface area (Å²) in [6.45, 7) is 4.04. The third-order valence-electron chi connectivity index (χ3n) is 7.34. The first-order valence-electron chi connectivity index (χ1n) is 13.4. The lowest BCUT2D eigenvalue weighted by Gasteiger charge is -2.25. The zero-order valence-electron chi connectivity index (χ0n) is 21.9. The van der Waals surface area contributed by atoms with Crippen molar-refractivity contribution in [3.05, 3.63) is 47.8 Å². The molecule has 204 valence electrons. The Balaban J connectivity index is 1.59. The quantitative estimate of drug-likeness (QED) is 0.415. The van der Waals surface area contributed by atoms with Crippen molar-refractivity contribution in [2.24, 2.45) is 5.92 Å². The van der Waals surface area contributed by atoms with Crippen molar-refractivity contribution >= 4 is 27.1 Å². The van der Waals surface area contributed by atoms with Gasteiger partial charge < -0.3 is 9.47 Å². The van der Waals surface area contributed by atoms with Crippen LogP contribution in [0.25, 0.3) is 16.7 Å². The topological polar surface area (TPSA) is 116 Å². The third-order valence-corrected chi connectivity index (χ3v) is 8.79. The molecule has 2 aromatic heterocycles. The van der Waals surface area contributed by atoms with E-state index in [-0.39, 0.29) is 11.6 Å². The number of ether oxygens (including phenoxy) is 2. The zero-order valence-corrected chi connectivity index (χ0v) is 22.7. The molecule has 38 heavy (non-hydrogen) atoms. The van der Waals surface area contributed by atoms with Crippen LogP contribution in [0, 0.1) is 5.92 Å². The molecule has 0 spiro atoms. The zero-order chi connectivity index (χ0) is 26.7. The summed E-state index contributed by atoms with van der Waals surface area (Å²) in [5, 5.41) is 5.75. The number of carbonyl (C=O) groups is 1. The van der Waals surface area contributed by atoms with Crippen molar-refractivity contribution in [3.8, 4) is 11.4 Å². The van der Waals surface area contributed by atoms with Crippen LogP contribution in [0.3, 0.4) is 0 Å². The number of carbonyl (C=O) groups excluding carboxylic acids is 1. The van der Waals surface area contributed by atoms with E-state index in [0.29, 0.717) is 50.1 Å². The Labute approximate surface area is 223 Å². The van der Waals surface area contributed by atoms with Crippen LogP contribution in [0.1, 0.15) is 67.5 Å². The van der Waals surface area contributed by atoms with E-state index in [0.717, 1.165) is 53.2 Å². The highest BCUT2D eigenvalue weighted by molar-refractivity contribution is 7.87. The smallest absolute Gasteiger partial charge is 0.303 e. The van der Waals surface area contributed by atoms with Crippen LogP contribution in [-0.2, 0) is 14.9 Å². The van der Waals surface area contributed by atoms with Crippen LogP contribution in [0.15, 0.2) is 36.4 Å². The maximum atomic E-state index is 13.2. The molecule has 0 bridgehead atoms. The fraction of sp³-hybridized carbons (Fsp3) is 0.519. The minimum atomic E-state index is -4.01. The number of amides is 1. The van der Waals surface area contributed by atoms with Gasteiger partial charge in [-0.2, -0.15) is 17.8 Å². The minimum Gasteiger partial charge on any atom is -0.492 e. The third kappa shape index (κ3) is 5.55. The van der Waals surface area contributed by atoms with Crippen molar-refractivity contribution < 1.29 is 22.7 Å². The molecule has 5 rings (SSSR count). The fourth-order valence-electron chi connectivity index (χ4n) is 4.86. The molecular formula is C27H35N5O5S. The Kier molecular flexibility index (Phi) is 7.96. The maximum Gasteiger partial charge on any atom is 0.303 e. The maximum absolute atomic E-state index is 13.2. The normalized spacial score (nSPS) is 17.0. The van der Waals surface area contributed by atoms with Crippen LogP contribution in [0.2, 0.25) is 0 Å². The van der Waals surface area contributed by atoms with Gasteiger partial charge in [0.25, 0.3) is 5.91 Å². The van der Waals surface area contributed by atoms with Crippen molar-refractivity contribution in [1.29, 1.82) is 0 Å². The van der Waals surface area contributed by atoms with E-state index in [1.54, 1.807) is 10.7 Å². The number of fused-ring (bicyclic) bond motifs is 1. The van der Waals surface area contributed by atoms with Gasteiger partial charge in [-0.25, -0.2) is 14.4 Å². The standard InChI is InChI=1S/C27H35N5O5S/c1-3-14-31(2)38(34,35)30-27(33)22-17-23(37-18-19-12-15-36-16-13-19)24-25(20-8-7-9-20)29-32(26(24)28-22)21-10-5-4-6-11-21/h4-6,10-11,17,19-20H,3,7-9,12-16,18H2,1-2H3,(H,30,33). The van der Waals surface area contributed by atoms with Crippen molar-refractivity contribution in [3.63, 3.8) is 0 Å². The summed E-state index contributed by atoms with van der Waals surface area (Å²) < 4.78 is 42.3. The van der Waals surface area contributed by atoms with Gasteiger partial charge in [0.15, 0.2) is 5.65 Å². The van der Waals surface area contributed by atoms with Gasteiger partial charge in [-0.15, -0.1) is 0 Å². The van der Waals surface area contributed by atoms with Gasteiger partial charge in [0.1, 0.15) is 11.4 Å². The molecule has 1 saturated heterocycles. The van der Waals surface area contributed by atoms with Gasteiger partial charge >= 0.3 is 10.2 Å². The minimum absolute atomic E-state index is 0.0369. The van der Waals surface area contributed by atoms with Gasteiger partial charge in [-0.05, 0) is 50.2 Å². The van der Waals surface area contributed by atoms with Gasteiger partial charge in [0.2, 0.25) is 0 Å². The summed E-state index contributed by atoms with van der Waals surface area (Å²) in [5.74, 6) is 0.327. The first-order valence-corrected chi connectivity index (χ1v) is 14.8. The first kappa shape index (κ1) is 26.6. The Morgan fingerprint density at radius 2 is 1.92 bits per heavy atom. The van der Waals surface area contributed by atoms with Gasteiger partial charge in [0.05, 0.1) is 23.4 Å². The molecule has 3 aromatic rings. The van der Waals surface area contributed by atoms with Gasteiger partial charge in [-0.1, -0.05) is 31.5 Å². The largest absolute Gasteiger partial charge is 0.492 e. The Morgan fingerprint density at radius 1 is 1.18 bits per heavy atom. The first-order chi connectivity index (χ1) is 18.4. The lowest BCUT2D eigenvalue weighted by Crippen LogP contribution is -2.42. The molecule has 1 aliphatic heterocycles. The Bertz CT molecular complexity index is 1380. The summed E-state index contributed by atoms with van der Waals surface area (Å²) in [5.41, 5.74) is 2.16. The van der Waals surface area contributed by atoms with E-state index < -0.39 is 16.1 Å². The lowest BCUT2D eigenvalue weighted by molar-refractivity contribution is 0.0499. The molecule has 2 fully saturated rings. The predicted molar refractivity (Wildman–Crippen MR) is 144 cm³/mol. The summed E-state index contributed by atoms with van der Waals surface area (Å²) in [4.78, 5) is 17.9. The number of hydrogen-bond acceptors (Lipinski definition) is 7. The molecule has 0 unspecified atom stereocenters. The fourth-order valence-corrected chi connectivity index (χ4v) is 5.78. The van der Waals surface area contributed by atoms with E-state index in [1.165, 1.54) is 7.05 Å². The second-order valence-corrected chi connectivity index (χ2v) is 11.9. The van der Waals surface area contributed by atoms with Crippen molar-refractivity contribution in [2.75, 3.05) is 33.4 Å². The molecule has 1 saturated carbocycles. The molecule has 0 atom stereocenters. The van der Waals surface area contributed by atoms with E-state index in [4.69, 9.17) is 14.6 Å². The van der Waals surface area contributed by atoms with Crippen LogP contribution in [0.4, 0.5) is 0 Å². The average Bonchev–Trinajstić information content (AvgIpc) is 3.26. The van der Waals surface area contributed by atoms with E-state index >= 15 is 0 Å². The van der Waals surface area contributed by atoms with Gasteiger partial charge in [0, 0.05) is 38.8 Å². The molecule has 3 heterocycles. The van der Waals surface area contributed by atoms with Gasteiger partial charge in [-0.3, -0.25) is 4.79 Å². The SMILES string of the molecule is CCCN(C)S(=O)(=O)NC(=O)c1cc(OCC2CCOCC2)c2c(C3CCC3)nn(-c3ccccc3)c2n1. The molecule has 11 heteroatoms. The molecule has 10 nitrogen and oxygen atoms in total. The van der Waals surface area contributed by atoms with E-state index in [1.807, 2.05) is 37.3 Å². The number of rotatable bonds is 10. The van der Waals surface area contributed by atoms with Crippen LogP contribution in [0.5, 0.6) is 5.75 Å². The summed E-state index contributed by atoms with van der Waals surface area (Å²) in [6, 6.07) is 11.2. The highest BCUT2D eigenvalue weighted by Crippen LogP contribution is 2.42. The second-order valence-electron chi connectivity index (χ2n) is 10.1. The number of pyridine rings is 1. The molecule has 1 aromatic carbocycles. The highest BCUT2D eigenvalue weighted by atomic mass is 32.2. The predicted octanol–water partition coefficient (Wildman–Crippen LogP) is 3.81. The van der Waals surface area contributed by atoms with Crippen molar-refractivity contribution in [2.45, 2.75) is 51.4 Å². The van der Waals surface area contributed by atoms with Crippen molar-refractivity contribution in [1.82, 2.24) is 23.8 Å². The monoisotopic (exact) mass is 541 g/mol. The molecule has 1 amide bonds.